The first-order valence-corrected chi connectivity index (χ1v) is 9.99. The van der Waals surface area contributed by atoms with Crippen LogP contribution in [0.4, 0.5) is 10.1 Å². The first-order valence-electron chi connectivity index (χ1n) is 9.61. The maximum Gasteiger partial charge on any atom is 0.279 e. The molecule has 2 aromatic carbocycles. The molecule has 0 bridgehead atoms. The molecule has 2 aromatic rings. The normalized spacial score (nSPS) is 18.9. The Balaban J connectivity index is 1.48. The lowest BCUT2D eigenvalue weighted by molar-refractivity contribution is -1.02. The van der Waals surface area contributed by atoms with Gasteiger partial charge in [-0.3, -0.25) is 4.79 Å². The number of piperazine rings is 1. The molecular weight excluding hydrogens is 397 g/mol. The second-order valence-electron chi connectivity index (χ2n) is 7.21. The number of amides is 1. The van der Waals surface area contributed by atoms with Crippen LogP contribution < -0.4 is 24.6 Å². The number of carbonyl (C=O) groups excluding carboxylic acids is 1. The van der Waals surface area contributed by atoms with Crippen molar-refractivity contribution >= 4 is 23.2 Å². The van der Waals surface area contributed by atoms with Crippen molar-refractivity contribution < 1.29 is 28.5 Å². The predicted molar refractivity (Wildman–Crippen MR) is 110 cm³/mol. The van der Waals surface area contributed by atoms with Gasteiger partial charge in [-0.1, -0.05) is 11.6 Å². The molecule has 0 aromatic heterocycles. The van der Waals surface area contributed by atoms with Crippen LogP contribution in [0.25, 0.3) is 0 Å². The number of anilines is 1. The SMILES string of the molecule is COc1ccc(NC(=O)C[NH+]2CC[NH+](Cc3cc(F)ccc3OC)CC2)cc1Cl. The van der Waals surface area contributed by atoms with Crippen LogP contribution in [0.2, 0.25) is 5.02 Å². The highest BCUT2D eigenvalue weighted by molar-refractivity contribution is 6.32. The number of ether oxygens (including phenoxy) is 2. The van der Waals surface area contributed by atoms with Crippen molar-refractivity contribution in [3.05, 3.63) is 52.8 Å². The lowest BCUT2D eigenvalue weighted by atomic mass is 10.1. The molecule has 1 aliphatic rings. The van der Waals surface area contributed by atoms with Crippen LogP contribution in [0, 0.1) is 5.82 Å². The van der Waals surface area contributed by atoms with Gasteiger partial charge in [0.1, 0.15) is 50.0 Å². The zero-order chi connectivity index (χ0) is 20.8. The van der Waals surface area contributed by atoms with Gasteiger partial charge in [-0.25, -0.2) is 4.39 Å². The van der Waals surface area contributed by atoms with Crippen molar-refractivity contribution in [2.75, 3.05) is 52.3 Å². The van der Waals surface area contributed by atoms with E-state index in [-0.39, 0.29) is 11.7 Å². The number of quaternary nitrogens is 2. The zero-order valence-corrected chi connectivity index (χ0v) is 17.4. The van der Waals surface area contributed by atoms with E-state index in [2.05, 4.69) is 5.32 Å². The molecule has 0 radical (unpaired) electrons. The van der Waals surface area contributed by atoms with Gasteiger partial charge in [0.2, 0.25) is 0 Å². The van der Waals surface area contributed by atoms with E-state index in [4.69, 9.17) is 21.1 Å². The number of benzene rings is 2. The summed E-state index contributed by atoms with van der Waals surface area (Å²) in [4.78, 5) is 15.0. The molecule has 0 spiro atoms. The van der Waals surface area contributed by atoms with Crippen LogP contribution in [-0.4, -0.2) is 52.9 Å². The largest absolute Gasteiger partial charge is 0.496 e. The monoisotopic (exact) mass is 423 g/mol. The Kier molecular flexibility index (Phi) is 7.30. The van der Waals surface area contributed by atoms with E-state index in [0.717, 1.165) is 31.7 Å². The van der Waals surface area contributed by atoms with Gasteiger partial charge in [0.05, 0.1) is 24.8 Å². The third-order valence-electron chi connectivity index (χ3n) is 5.19. The summed E-state index contributed by atoms with van der Waals surface area (Å²) in [6, 6.07) is 9.80. The van der Waals surface area contributed by atoms with Crippen LogP contribution in [0.1, 0.15) is 5.56 Å². The summed E-state index contributed by atoms with van der Waals surface area (Å²) in [5.74, 6) is 0.992. The van der Waals surface area contributed by atoms with E-state index < -0.39 is 0 Å². The Bertz CT molecular complexity index is 857. The van der Waals surface area contributed by atoms with Crippen molar-refractivity contribution in [2.45, 2.75) is 6.54 Å². The fourth-order valence-electron chi connectivity index (χ4n) is 3.64. The lowest BCUT2D eigenvalue weighted by Crippen LogP contribution is -3.28. The van der Waals surface area contributed by atoms with Crippen molar-refractivity contribution in [3.63, 3.8) is 0 Å². The molecule has 0 atom stereocenters. The molecule has 3 N–H and O–H groups in total. The summed E-state index contributed by atoms with van der Waals surface area (Å²) in [6.07, 6.45) is 0. The summed E-state index contributed by atoms with van der Waals surface area (Å²) < 4.78 is 24.0. The second kappa shape index (κ2) is 9.91. The molecule has 1 fully saturated rings. The number of carbonyl (C=O) groups is 1. The van der Waals surface area contributed by atoms with Gasteiger partial charge in [-0.05, 0) is 36.4 Å². The topological polar surface area (TPSA) is 56.4 Å². The number of halogens is 2. The first-order chi connectivity index (χ1) is 14.0. The van der Waals surface area contributed by atoms with Crippen LogP contribution in [-0.2, 0) is 11.3 Å². The average Bonchev–Trinajstić information content (AvgIpc) is 2.70. The van der Waals surface area contributed by atoms with Crippen LogP contribution in [0.15, 0.2) is 36.4 Å². The minimum Gasteiger partial charge on any atom is -0.496 e. The van der Waals surface area contributed by atoms with Gasteiger partial charge in [0.15, 0.2) is 6.54 Å². The Morgan fingerprint density at radius 1 is 1.03 bits per heavy atom. The highest BCUT2D eigenvalue weighted by Gasteiger charge is 2.26. The minimum atomic E-state index is -0.250. The second-order valence-corrected chi connectivity index (χ2v) is 7.61. The summed E-state index contributed by atoms with van der Waals surface area (Å²) in [5, 5.41) is 3.35. The van der Waals surface area contributed by atoms with Crippen LogP contribution in [0.5, 0.6) is 11.5 Å². The van der Waals surface area contributed by atoms with Crippen molar-refractivity contribution in [1.82, 2.24) is 0 Å². The summed E-state index contributed by atoms with van der Waals surface area (Å²) in [7, 11) is 3.15. The molecule has 8 heteroatoms. The Morgan fingerprint density at radius 3 is 2.34 bits per heavy atom. The number of rotatable bonds is 7. The molecule has 6 nitrogen and oxygen atoms in total. The number of hydrogen-bond acceptors (Lipinski definition) is 3. The van der Waals surface area contributed by atoms with E-state index in [1.807, 2.05) is 0 Å². The molecule has 0 unspecified atom stereocenters. The smallest absolute Gasteiger partial charge is 0.279 e. The molecule has 3 rings (SSSR count). The third kappa shape index (κ3) is 5.82. The van der Waals surface area contributed by atoms with Gasteiger partial charge in [-0.15, -0.1) is 0 Å². The average molecular weight is 424 g/mol. The van der Waals surface area contributed by atoms with Gasteiger partial charge in [0.25, 0.3) is 5.91 Å². The molecule has 1 heterocycles. The standard InChI is InChI=1S/C21H25ClFN3O3/c1-28-19-5-3-16(23)11-15(19)13-25-7-9-26(10-8-25)14-21(27)24-17-4-6-20(29-2)18(22)12-17/h3-6,11-12H,7-10,13-14H2,1-2H3,(H,24,27)/p+2. The van der Waals surface area contributed by atoms with E-state index in [0.29, 0.717) is 35.3 Å². The van der Waals surface area contributed by atoms with Gasteiger partial charge in [-0.2, -0.15) is 0 Å². The molecule has 1 saturated heterocycles. The predicted octanol–water partition coefficient (Wildman–Crippen LogP) is 0.418. The molecule has 1 amide bonds. The van der Waals surface area contributed by atoms with Crippen LogP contribution >= 0.6 is 11.6 Å². The third-order valence-corrected chi connectivity index (χ3v) is 5.49. The molecule has 29 heavy (non-hydrogen) atoms. The lowest BCUT2D eigenvalue weighted by Gasteiger charge is -2.29. The maximum absolute atomic E-state index is 13.6. The first kappa shape index (κ1) is 21.4. The fraction of sp³-hybridized carbons (Fsp3) is 0.381. The number of hydrogen-bond donors (Lipinski definition) is 3. The van der Waals surface area contributed by atoms with E-state index in [1.54, 1.807) is 44.6 Å². The number of methoxy groups -OCH3 is 2. The van der Waals surface area contributed by atoms with E-state index in [1.165, 1.54) is 15.9 Å². The van der Waals surface area contributed by atoms with Gasteiger partial charge < -0.3 is 24.6 Å². The molecule has 0 aliphatic carbocycles. The molecule has 1 aliphatic heterocycles. The maximum atomic E-state index is 13.6. The Morgan fingerprint density at radius 2 is 1.69 bits per heavy atom. The Labute approximate surface area is 175 Å². The summed E-state index contributed by atoms with van der Waals surface area (Å²) >= 11 is 6.10. The summed E-state index contributed by atoms with van der Waals surface area (Å²) in [6.45, 7) is 4.70. The quantitative estimate of drug-likeness (QED) is 0.605. The highest BCUT2D eigenvalue weighted by atomic mass is 35.5. The van der Waals surface area contributed by atoms with Crippen molar-refractivity contribution in [3.8, 4) is 11.5 Å². The van der Waals surface area contributed by atoms with E-state index in [9.17, 15) is 9.18 Å². The van der Waals surface area contributed by atoms with E-state index >= 15 is 0 Å². The minimum absolute atomic E-state index is 0.0449. The van der Waals surface area contributed by atoms with Gasteiger partial charge >= 0.3 is 0 Å². The Hall–Kier alpha value is -2.35. The molecule has 156 valence electrons. The number of nitrogens with one attached hydrogen (secondary N) is 3. The molecular formula is C21H27ClFN3O3+2. The van der Waals surface area contributed by atoms with Crippen LogP contribution in [0.3, 0.4) is 0 Å². The fourth-order valence-corrected chi connectivity index (χ4v) is 3.90. The van der Waals surface area contributed by atoms with Crippen molar-refractivity contribution in [2.24, 2.45) is 0 Å². The zero-order valence-electron chi connectivity index (χ0n) is 16.7. The summed E-state index contributed by atoms with van der Waals surface area (Å²) in [5.41, 5.74) is 1.53. The van der Waals surface area contributed by atoms with Gasteiger partial charge in [0, 0.05) is 5.69 Å². The molecule has 0 saturated carbocycles. The van der Waals surface area contributed by atoms with Crippen molar-refractivity contribution in [1.29, 1.82) is 0 Å². The highest BCUT2D eigenvalue weighted by Crippen LogP contribution is 2.27.